The standard InChI is InChI=1S/C12H9N3O3S/c16-10(17)2-1-8-3-6-19-11(8)12(18)15-9-7-13-4-5-14-9/h1-7H,(H,16,17)(H,14,15,18). The van der Waals surface area contributed by atoms with Crippen LogP contribution in [0.25, 0.3) is 6.08 Å². The van der Waals surface area contributed by atoms with Gasteiger partial charge in [0.2, 0.25) is 0 Å². The van der Waals surface area contributed by atoms with Crippen molar-refractivity contribution in [3.63, 3.8) is 0 Å². The molecule has 2 N–H and O–H groups in total. The van der Waals surface area contributed by atoms with Crippen LogP contribution in [0.5, 0.6) is 0 Å². The number of anilines is 1. The van der Waals surface area contributed by atoms with E-state index >= 15 is 0 Å². The molecule has 2 heterocycles. The Bertz CT molecular complexity index is 622. The zero-order chi connectivity index (χ0) is 13.7. The second-order valence-corrected chi connectivity index (χ2v) is 4.34. The molecule has 2 aromatic rings. The van der Waals surface area contributed by atoms with Crippen molar-refractivity contribution in [2.45, 2.75) is 0 Å². The lowest BCUT2D eigenvalue weighted by Crippen LogP contribution is -2.12. The number of carbonyl (C=O) groups excluding carboxylic acids is 1. The van der Waals surface area contributed by atoms with Crippen molar-refractivity contribution in [3.8, 4) is 0 Å². The van der Waals surface area contributed by atoms with E-state index in [4.69, 9.17) is 5.11 Å². The van der Waals surface area contributed by atoms with E-state index in [1.165, 1.54) is 36.0 Å². The zero-order valence-electron chi connectivity index (χ0n) is 9.61. The third-order valence-corrected chi connectivity index (χ3v) is 3.04. The van der Waals surface area contributed by atoms with Gasteiger partial charge < -0.3 is 10.4 Å². The minimum Gasteiger partial charge on any atom is -0.478 e. The van der Waals surface area contributed by atoms with Crippen LogP contribution in [0.3, 0.4) is 0 Å². The van der Waals surface area contributed by atoms with Gasteiger partial charge in [-0.25, -0.2) is 9.78 Å². The van der Waals surface area contributed by atoms with Crippen LogP contribution in [0.1, 0.15) is 15.2 Å². The summed E-state index contributed by atoms with van der Waals surface area (Å²) in [5.74, 6) is -1.07. The highest BCUT2D eigenvalue weighted by molar-refractivity contribution is 7.12. The Morgan fingerprint density at radius 2 is 2.21 bits per heavy atom. The summed E-state index contributed by atoms with van der Waals surface area (Å²) in [5.41, 5.74) is 0.550. The lowest BCUT2D eigenvalue weighted by Gasteiger charge is -2.02. The molecule has 0 unspecified atom stereocenters. The molecule has 96 valence electrons. The van der Waals surface area contributed by atoms with Crippen molar-refractivity contribution in [1.29, 1.82) is 0 Å². The monoisotopic (exact) mass is 275 g/mol. The highest BCUT2D eigenvalue weighted by Crippen LogP contribution is 2.19. The smallest absolute Gasteiger partial charge is 0.328 e. The highest BCUT2D eigenvalue weighted by Gasteiger charge is 2.12. The topological polar surface area (TPSA) is 92.2 Å². The van der Waals surface area contributed by atoms with Gasteiger partial charge in [0.05, 0.1) is 11.1 Å². The van der Waals surface area contributed by atoms with Crippen LogP contribution >= 0.6 is 11.3 Å². The molecule has 1 amide bonds. The number of hydrogen-bond acceptors (Lipinski definition) is 5. The molecule has 19 heavy (non-hydrogen) atoms. The summed E-state index contributed by atoms with van der Waals surface area (Å²) in [5, 5.41) is 12.9. The Kier molecular flexibility index (Phi) is 3.99. The number of carboxylic acids is 1. The van der Waals surface area contributed by atoms with Gasteiger partial charge in [0, 0.05) is 18.5 Å². The Labute approximate surface area is 112 Å². The van der Waals surface area contributed by atoms with Gasteiger partial charge in [0.25, 0.3) is 5.91 Å². The second-order valence-electron chi connectivity index (χ2n) is 3.42. The number of amides is 1. The van der Waals surface area contributed by atoms with Gasteiger partial charge in [0.15, 0.2) is 5.82 Å². The molecule has 0 aliphatic heterocycles. The third-order valence-electron chi connectivity index (χ3n) is 2.11. The van der Waals surface area contributed by atoms with Gasteiger partial charge in [-0.15, -0.1) is 11.3 Å². The van der Waals surface area contributed by atoms with E-state index in [1.807, 2.05) is 0 Å². The zero-order valence-corrected chi connectivity index (χ0v) is 10.4. The van der Waals surface area contributed by atoms with Crippen LogP contribution < -0.4 is 5.32 Å². The predicted octanol–water partition coefficient (Wildman–Crippen LogP) is 1.89. The van der Waals surface area contributed by atoms with Gasteiger partial charge in [-0.1, -0.05) is 0 Å². The molecule has 0 atom stereocenters. The van der Waals surface area contributed by atoms with E-state index in [0.717, 1.165) is 6.08 Å². The molecule has 0 radical (unpaired) electrons. The first-order valence-corrected chi connectivity index (χ1v) is 6.10. The van der Waals surface area contributed by atoms with E-state index in [1.54, 1.807) is 11.4 Å². The number of carbonyl (C=O) groups is 2. The number of nitrogens with one attached hydrogen (secondary N) is 1. The largest absolute Gasteiger partial charge is 0.478 e. The van der Waals surface area contributed by atoms with Crippen molar-refractivity contribution in [2.75, 3.05) is 5.32 Å². The molecule has 0 spiro atoms. The quantitative estimate of drug-likeness (QED) is 0.831. The van der Waals surface area contributed by atoms with Crippen LogP contribution in [0, 0.1) is 0 Å². The van der Waals surface area contributed by atoms with Gasteiger partial charge in [-0.3, -0.25) is 9.78 Å². The number of nitrogens with zero attached hydrogens (tertiary/aromatic N) is 2. The highest BCUT2D eigenvalue weighted by atomic mass is 32.1. The number of carboxylic acid groups (broad SMARTS) is 1. The normalized spacial score (nSPS) is 10.5. The van der Waals surface area contributed by atoms with E-state index in [9.17, 15) is 9.59 Å². The maximum absolute atomic E-state index is 12.0. The summed E-state index contributed by atoms with van der Waals surface area (Å²) < 4.78 is 0. The number of hydrogen-bond donors (Lipinski definition) is 2. The maximum Gasteiger partial charge on any atom is 0.328 e. The summed E-state index contributed by atoms with van der Waals surface area (Å²) in [6, 6.07) is 1.68. The minimum absolute atomic E-state index is 0.342. The molecule has 7 heteroatoms. The fourth-order valence-electron chi connectivity index (χ4n) is 1.33. The Balaban J connectivity index is 2.16. The molecule has 2 rings (SSSR count). The van der Waals surface area contributed by atoms with Crippen molar-refractivity contribution in [3.05, 3.63) is 46.6 Å². The van der Waals surface area contributed by atoms with Gasteiger partial charge in [0.1, 0.15) is 0 Å². The maximum atomic E-state index is 12.0. The van der Waals surface area contributed by atoms with Crippen LogP contribution in [0.4, 0.5) is 5.82 Å². The fourth-order valence-corrected chi connectivity index (χ4v) is 2.11. The van der Waals surface area contributed by atoms with Crippen LogP contribution in [0.15, 0.2) is 36.1 Å². The van der Waals surface area contributed by atoms with Gasteiger partial charge in [-0.2, -0.15) is 0 Å². The summed E-state index contributed by atoms with van der Waals surface area (Å²) in [6.07, 6.45) is 6.76. The van der Waals surface area contributed by atoms with Crippen LogP contribution in [0.2, 0.25) is 0 Å². The van der Waals surface area contributed by atoms with Gasteiger partial charge in [-0.05, 0) is 23.1 Å². The third kappa shape index (κ3) is 3.46. The molecular weight excluding hydrogens is 266 g/mol. The first-order chi connectivity index (χ1) is 9.16. The molecule has 2 aromatic heterocycles. The SMILES string of the molecule is O=C(O)C=Cc1ccsc1C(=O)Nc1cnccn1. The Hall–Kier alpha value is -2.54. The average Bonchev–Trinajstić information content (AvgIpc) is 2.86. The van der Waals surface area contributed by atoms with E-state index in [2.05, 4.69) is 15.3 Å². The number of rotatable bonds is 4. The molecule has 0 aliphatic carbocycles. The average molecular weight is 275 g/mol. The fraction of sp³-hybridized carbons (Fsp3) is 0. The number of aliphatic carboxylic acids is 1. The number of thiophene rings is 1. The van der Waals surface area contributed by atoms with Crippen LogP contribution in [-0.4, -0.2) is 27.0 Å². The molecule has 0 aliphatic rings. The summed E-state index contributed by atoms with van der Waals surface area (Å²) in [4.78, 5) is 30.6. The summed E-state index contributed by atoms with van der Waals surface area (Å²) in [6.45, 7) is 0. The second kappa shape index (κ2) is 5.87. The van der Waals surface area contributed by atoms with Crippen molar-refractivity contribution in [2.24, 2.45) is 0 Å². The van der Waals surface area contributed by atoms with Crippen LogP contribution in [-0.2, 0) is 4.79 Å². The molecule has 0 saturated heterocycles. The van der Waals surface area contributed by atoms with Crippen molar-refractivity contribution < 1.29 is 14.7 Å². The van der Waals surface area contributed by atoms with Crippen molar-refractivity contribution in [1.82, 2.24) is 9.97 Å². The lowest BCUT2D eigenvalue weighted by atomic mass is 10.2. The minimum atomic E-state index is -1.06. The molecule has 0 fully saturated rings. The van der Waals surface area contributed by atoms with Gasteiger partial charge >= 0.3 is 5.97 Å². The molecule has 0 bridgehead atoms. The van der Waals surface area contributed by atoms with Crippen molar-refractivity contribution >= 4 is 35.1 Å². The summed E-state index contributed by atoms with van der Waals surface area (Å²) in [7, 11) is 0. The Morgan fingerprint density at radius 3 is 2.89 bits per heavy atom. The van der Waals surface area contributed by atoms with E-state index in [-0.39, 0.29) is 5.91 Å². The lowest BCUT2D eigenvalue weighted by molar-refractivity contribution is -0.131. The molecule has 0 saturated carbocycles. The molecule has 6 nitrogen and oxygen atoms in total. The van der Waals surface area contributed by atoms with E-state index < -0.39 is 5.97 Å². The van der Waals surface area contributed by atoms with E-state index in [0.29, 0.717) is 16.3 Å². The first kappa shape index (κ1) is 12.9. The molecule has 0 aromatic carbocycles. The predicted molar refractivity (Wildman–Crippen MR) is 71.0 cm³/mol. The number of aromatic nitrogens is 2. The Morgan fingerprint density at radius 1 is 1.37 bits per heavy atom. The first-order valence-electron chi connectivity index (χ1n) is 5.22. The summed E-state index contributed by atoms with van der Waals surface area (Å²) >= 11 is 1.22. The molecular formula is C12H9N3O3S.